The van der Waals surface area contributed by atoms with Crippen molar-refractivity contribution < 1.29 is 17.9 Å². The van der Waals surface area contributed by atoms with Gasteiger partial charge in [-0.15, -0.1) is 11.3 Å². The first-order chi connectivity index (χ1) is 14.8. The molecular formula is C22H23N3O4S2. The van der Waals surface area contributed by atoms with Gasteiger partial charge in [0.1, 0.15) is 5.75 Å². The Bertz CT molecular complexity index is 1200. The highest BCUT2D eigenvalue weighted by Gasteiger charge is 2.30. The van der Waals surface area contributed by atoms with Crippen LogP contribution in [-0.2, 0) is 27.8 Å². The van der Waals surface area contributed by atoms with Gasteiger partial charge in [-0.2, -0.15) is 4.31 Å². The average Bonchev–Trinajstić information content (AvgIpc) is 3.15. The smallest absolute Gasteiger partial charge is 0.264 e. The summed E-state index contributed by atoms with van der Waals surface area (Å²) < 4.78 is 33.0. The van der Waals surface area contributed by atoms with Crippen molar-refractivity contribution in [3.05, 3.63) is 70.2 Å². The van der Waals surface area contributed by atoms with E-state index in [1.807, 2.05) is 38.1 Å². The Hall–Kier alpha value is -2.75. The molecule has 1 N–H and O–H groups in total. The molecule has 2 heterocycles. The number of aromatic nitrogens is 1. The Morgan fingerprint density at radius 2 is 1.90 bits per heavy atom. The van der Waals surface area contributed by atoms with Crippen LogP contribution in [-0.4, -0.2) is 36.8 Å². The van der Waals surface area contributed by atoms with Crippen LogP contribution >= 0.6 is 11.3 Å². The summed E-state index contributed by atoms with van der Waals surface area (Å²) in [5.41, 5.74) is 2.79. The second kappa shape index (κ2) is 8.78. The van der Waals surface area contributed by atoms with Gasteiger partial charge in [0.25, 0.3) is 5.91 Å². The number of nitrogens with zero attached hydrogens (tertiary/aromatic N) is 2. The molecule has 1 aromatic heterocycles. The molecule has 31 heavy (non-hydrogen) atoms. The van der Waals surface area contributed by atoms with Crippen molar-refractivity contribution in [1.29, 1.82) is 0 Å². The third-order valence-corrected chi connectivity index (χ3v) is 7.91. The van der Waals surface area contributed by atoms with Crippen LogP contribution in [0.3, 0.4) is 0 Å². The van der Waals surface area contributed by atoms with E-state index in [0.29, 0.717) is 23.8 Å². The molecule has 1 aliphatic heterocycles. The number of aryl methyl sites for hydroxylation is 2. The molecule has 0 radical (unpaired) electrons. The molecule has 0 unspecified atom stereocenters. The third kappa shape index (κ3) is 4.79. The van der Waals surface area contributed by atoms with Crippen molar-refractivity contribution in [3.8, 4) is 5.75 Å². The monoisotopic (exact) mass is 457 g/mol. The van der Waals surface area contributed by atoms with E-state index in [-0.39, 0.29) is 24.0 Å². The van der Waals surface area contributed by atoms with Crippen molar-refractivity contribution in [2.24, 2.45) is 0 Å². The molecule has 0 fully saturated rings. The van der Waals surface area contributed by atoms with Gasteiger partial charge in [0.2, 0.25) is 10.0 Å². The number of thiazole rings is 1. The molecule has 0 atom stereocenters. The number of hydrogen-bond acceptors (Lipinski definition) is 6. The quantitative estimate of drug-likeness (QED) is 0.612. The standard InChI is InChI=1S/C22H23N3O4S2/c1-15-7-9-17(10-8-15)31(27,28)25-12-11-18-20(13-25)30-22(23-18)24-21(26)14-29-19-6-4-3-5-16(19)2/h3-10H,11-14H2,1-2H3,(H,23,24,26). The van der Waals surface area contributed by atoms with Crippen molar-refractivity contribution in [3.63, 3.8) is 0 Å². The third-order valence-electron chi connectivity index (χ3n) is 5.05. The molecule has 0 saturated carbocycles. The molecule has 0 spiro atoms. The second-order valence-electron chi connectivity index (χ2n) is 7.39. The minimum absolute atomic E-state index is 0.122. The molecule has 2 aromatic carbocycles. The summed E-state index contributed by atoms with van der Waals surface area (Å²) in [7, 11) is -3.57. The van der Waals surface area contributed by atoms with E-state index < -0.39 is 10.0 Å². The van der Waals surface area contributed by atoms with E-state index >= 15 is 0 Å². The largest absolute Gasteiger partial charge is 0.483 e. The fraction of sp³-hybridized carbons (Fsp3) is 0.273. The van der Waals surface area contributed by atoms with Crippen LogP contribution in [0.15, 0.2) is 53.4 Å². The van der Waals surface area contributed by atoms with E-state index in [2.05, 4.69) is 10.3 Å². The Morgan fingerprint density at radius 1 is 1.16 bits per heavy atom. The zero-order valence-electron chi connectivity index (χ0n) is 17.3. The molecule has 7 nitrogen and oxygen atoms in total. The number of benzene rings is 2. The lowest BCUT2D eigenvalue weighted by molar-refractivity contribution is -0.118. The molecule has 0 aliphatic carbocycles. The van der Waals surface area contributed by atoms with Gasteiger partial charge in [-0.25, -0.2) is 13.4 Å². The summed E-state index contributed by atoms with van der Waals surface area (Å²) in [4.78, 5) is 17.9. The van der Waals surface area contributed by atoms with E-state index in [4.69, 9.17) is 4.74 Å². The number of para-hydroxylation sites is 1. The summed E-state index contributed by atoms with van der Waals surface area (Å²) in [5.74, 6) is 0.353. The summed E-state index contributed by atoms with van der Waals surface area (Å²) >= 11 is 1.30. The molecule has 0 saturated heterocycles. The number of carbonyl (C=O) groups excluding carboxylic acids is 1. The van der Waals surface area contributed by atoms with Crippen LogP contribution in [0.1, 0.15) is 21.7 Å². The maximum atomic E-state index is 13.0. The zero-order valence-corrected chi connectivity index (χ0v) is 18.9. The summed E-state index contributed by atoms with van der Waals surface area (Å²) in [6.45, 7) is 4.32. The maximum Gasteiger partial charge on any atom is 0.264 e. The average molecular weight is 458 g/mol. The molecule has 0 bridgehead atoms. The molecule has 162 valence electrons. The van der Waals surface area contributed by atoms with Crippen LogP contribution in [0.2, 0.25) is 0 Å². The van der Waals surface area contributed by atoms with Crippen LogP contribution < -0.4 is 10.1 Å². The Kier molecular flexibility index (Phi) is 6.08. The lowest BCUT2D eigenvalue weighted by atomic mass is 10.2. The zero-order chi connectivity index (χ0) is 22.0. The normalized spacial score (nSPS) is 14.1. The Morgan fingerprint density at radius 3 is 2.65 bits per heavy atom. The van der Waals surface area contributed by atoms with E-state index in [1.165, 1.54) is 15.6 Å². The topological polar surface area (TPSA) is 88.6 Å². The fourth-order valence-corrected chi connectivity index (χ4v) is 5.84. The number of carbonyl (C=O) groups is 1. The number of fused-ring (bicyclic) bond motifs is 1. The highest BCUT2D eigenvalue weighted by atomic mass is 32.2. The van der Waals surface area contributed by atoms with Gasteiger partial charge < -0.3 is 4.74 Å². The van der Waals surface area contributed by atoms with E-state index in [1.54, 1.807) is 24.3 Å². The number of anilines is 1. The Balaban J connectivity index is 1.40. The van der Waals surface area contributed by atoms with E-state index in [9.17, 15) is 13.2 Å². The first-order valence-corrected chi connectivity index (χ1v) is 12.1. The number of hydrogen-bond donors (Lipinski definition) is 1. The van der Waals surface area contributed by atoms with Crippen molar-refractivity contribution in [2.75, 3.05) is 18.5 Å². The number of rotatable bonds is 6. The van der Waals surface area contributed by atoms with Crippen LogP contribution in [0.5, 0.6) is 5.75 Å². The predicted octanol–water partition coefficient (Wildman–Crippen LogP) is 3.52. The Labute approximate surface area is 185 Å². The van der Waals surface area contributed by atoms with Crippen molar-refractivity contribution in [2.45, 2.75) is 31.7 Å². The fourth-order valence-electron chi connectivity index (χ4n) is 3.31. The van der Waals surface area contributed by atoms with Gasteiger partial charge in [-0.1, -0.05) is 35.9 Å². The minimum Gasteiger partial charge on any atom is -0.483 e. The van der Waals surface area contributed by atoms with Gasteiger partial charge in [-0.05, 0) is 37.6 Å². The van der Waals surface area contributed by atoms with Crippen LogP contribution in [0, 0.1) is 13.8 Å². The van der Waals surface area contributed by atoms with Gasteiger partial charge in [0, 0.05) is 17.8 Å². The molecule has 1 amide bonds. The molecule has 3 aromatic rings. The summed E-state index contributed by atoms with van der Waals surface area (Å²) in [6.07, 6.45) is 0.506. The number of ether oxygens (including phenoxy) is 1. The van der Waals surface area contributed by atoms with Gasteiger partial charge in [0.05, 0.1) is 17.1 Å². The van der Waals surface area contributed by atoms with Crippen LogP contribution in [0.4, 0.5) is 5.13 Å². The minimum atomic E-state index is -3.57. The molecular weight excluding hydrogens is 434 g/mol. The van der Waals surface area contributed by atoms with Gasteiger partial charge in [-0.3, -0.25) is 10.1 Å². The maximum absolute atomic E-state index is 13.0. The lowest BCUT2D eigenvalue weighted by Gasteiger charge is -2.25. The van der Waals surface area contributed by atoms with Gasteiger partial charge in [0.15, 0.2) is 11.7 Å². The molecule has 9 heteroatoms. The first kappa shape index (κ1) is 21.5. The highest BCUT2D eigenvalue weighted by molar-refractivity contribution is 7.89. The number of amides is 1. The first-order valence-electron chi connectivity index (χ1n) is 9.86. The lowest BCUT2D eigenvalue weighted by Crippen LogP contribution is -2.35. The number of nitrogens with one attached hydrogen (secondary N) is 1. The number of sulfonamides is 1. The molecule has 4 rings (SSSR count). The highest BCUT2D eigenvalue weighted by Crippen LogP contribution is 2.31. The second-order valence-corrected chi connectivity index (χ2v) is 10.4. The summed E-state index contributed by atoms with van der Waals surface area (Å²) in [6, 6.07) is 14.3. The SMILES string of the molecule is Cc1ccc(S(=O)(=O)N2CCc3nc(NC(=O)COc4ccccc4C)sc3C2)cc1. The predicted molar refractivity (Wildman–Crippen MR) is 120 cm³/mol. The van der Waals surface area contributed by atoms with Crippen LogP contribution in [0.25, 0.3) is 0 Å². The molecule has 1 aliphatic rings. The van der Waals surface area contributed by atoms with Gasteiger partial charge >= 0.3 is 0 Å². The van der Waals surface area contributed by atoms with E-state index in [0.717, 1.165) is 21.7 Å². The van der Waals surface area contributed by atoms with Crippen molar-refractivity contribution >= 4 is 32.4 Å². The van der Waals surface area contributed by atoms with Crippen molar-refractivity contribution in [1.82, 2.24) is 9.29 Å². The summed E-state index contributed by atoms with van der Waals surface area (Å²) in [5, 5.41) is 3.21.